The lowest BCUT2D eigenvalue weighted by Gasteiger charge is -2.49. The number of carbonyl (C=O) groups excluding carboxylic acids is 1. The van der Waals surface area contributed by atoms with E-state index in [9.17, 15) is 43.0 Å². The number of carboxylic acid groups (broad SMARTS) is 1. The molecule has 10 atom stereocenters. The van der Waals surface area contributed by atoms with E-state index in [1.807, 2.05) is 0 Å². The molecule has 39 heavy (non-hydrogen) atoms. The van der Waals surface area contributed by atoms with Crippen molar-refractivity contribution in [3.05, 3.63) is 0 Å². The van der Waals surface area contributed by atoms with Gasteiger partial charge in [0.15, 0.2) is 18.7 Å². The van der Waals surface area contributed by atoms with Gasteiger partial charge < -0.3 is 49.4 Å². The normalized spacial score (nSPS) is 36.4. The molecule has 10 unspecified atom stereocenters. The summed E-state index contributed by atoms with van der Waals surface area (Å²) in [5, 5.41) is 43.7. The molecule has 2 rings (SSSR count). The highest BCUT2D eigenvalue weighted by Gasteiger charge is 2.55. The Morgan fingerprint density at radius 2 is 1.46 bits per heavy atom. The molecule has 2 aliphatic rings. The lowest BCUT2D eigenvalue weighted by Crippen LogP contribution is -2.69. The molecular weight excluding hydrogens is 550 g/mol. The third-order valence-corrected chi connectivity index (χ3v) is 5.93. The van der Waals surface area contributed by atoms with Crippen LogP contribution in [0.3, 0.4) is 0 Å². The average Bonchev–Trinajstić information content (AvgIpc) is 2.73. The highest BCUT2D eigenvalue weighted by Crippen LogP contribution is 2.34. The number of amides is 1. The first-order chi connectivity index (χ1) is 17.6. The molecule has 0 bridgehead atoms. The molecule has 228 valence electrons. The fourth-order valence-corrected chi connectivity index (χ4v) is 4.66. The molecule has 2 fully saturated rings. The summed E-state index contributed by atoms with van der Waals surface area (Å²) in [5.74, 6) is -2.23. The standard InChI is InChI=1S/C22H39NO15S/c1-9(25)23-11-15(14(38-39(30,31)32)10(8-24)33-19(11)37-22(5,6)7)34-20-13(27)12(26)16(36-21(2,3)4)17(35-20)18(28)29/h10-17,19-20,24,26-27H,8H2,1-7H3,(H,23,25)(H,28,29)(H,30,31,32). The second kappa shape index (κ2) is 12.6. The zero-order chi connectivity index (χ0) is 30.1. The molecule has 1 amide bonds. The van der Waals surface area contributed by atoms with E-state index >= 15 is 0 Å². The Morgan fingerprint density at radius 1 is 0.897 bits per heavy atom. The van der Waals surface area contributed by atoms with Crippen molar-refractivity contribution >= 4 is 22.3 Å². The minimum Gasteiger partial charge on any atom is -0.479 e. The number of aliphatic carboxylic acids is 1. The van der Waals surface area contributed by atoms with E-state index in [0.29, 0.717) is 0 Å². The number of ether oxygens (including phenoxy) is 5. The Bertz CT molecular complexity index is 961. The van der Waals surface area contributed by atoms with Crippen LogP contribution in [-0.2, 0) is 47.9 Å². The Kier molecular flexibility index (Phi) is 10.9. The summed E-state index contributed by atoms with van der Waals surface area (Å²) in [6.45, 7) is 9.94. The van der Waals surface area contributed by atoms with Crippen molar-refractivity contribution in [3.63, 3.8) is 0 Å². The van der Waals surface area contributed by atoms with Gasteiger partial charge in [-0.2, -0.15) is 8.42 Å². The first-order valence-corrected chi connectivity index (χ1v) is 13.4. The Hall–Kier alpha value is -1.51. The molecule has 17 heteroatoms. The third kappa shape index (κ3) is 9.53. The van der Waals surface area contributed by atoms with E-state index in [-0.39, 0.29) is 0 Å². The quantitative estimate of drug-likeness (QED) is 0.165. The van der Waals surface area contributed by atoms with Crippen LogP contribution in [0.15, 0.2) is 0 Å². The summed E-state index contributed by atoms with van der Waals surface area (Å²) in [6, 6.07) is -1.42. The van der Waals surface area contributed by atoms with E-state index in [2.05, 4.69) is 5.32 Å². The summed E-state index contributed by atoms with van der Waals surface area (Å²) >= 11 is 0. The van der Waals surface area contributed by atoms with Crippen LogP contribution in [0.1, 0.15) is 48.5 Å². The second-order valence-electron chi connectivity index (χ2n) is 11.2. The number of hydrogen-bond acceptors (Lipinski definition) is 13. The number of nitrogens with one attached hydrogen (secondary N) is 1. The predicted molar refractivity (Wildman–Crippen MR) is 128 cm³/mol. The number of aliphatic hydroxyl groups excluding tert-OH is 3. The van der Waals surface area contributed by atoms with Gasteiger partial charge in [0.2, 0.25) is 5.91 Å². The number of aliphatic hydroxyl groups is 3. The SMILES string of the molecule is CC(=O)NC1C(OC(C)(C)C)OC(CO)C(OS(=O)(=O)O)C1OC1OC(C(=O)O)C(OC(C)(C)C)C(O)C1O. The first kappa shape index (κ1) is 33.7. The van der Waals surface area contributed by atoms with Gasteiger partial charge in [0, 0.05) is 6.92 Å². The number of rotatable bonds is 9. The van der Waals surface area contributed by atoms with Gasteiger partial charge in [-0.15, -0.1) is 0 Å². The van der Waals surface area contributed by atoms with Crippen molar-refractivity contribution in [2.24, 2.45) is 0 Å². The largest absolute Gasteiger partial charge is 0.479 e. The van der Waals surface area contributed by atoms with Gasteiger partial charge in [-0.05, 0) is 41.5 Å². The highest BCUT2D eigenvalue weighted by molar-refractivity contribution is 7.80. The van der Waals surface area contributed by atoms with Crippen molar-refractivity contribution < 1.29 is 70.9 Å². The maximum Gasteiger partial charge on any atom is 0.397 e. The van der Waals surface area contributed by atoms with Crippen LogP contribution in [-0.4, -0.2) is 124 Å². The summed E-state index contributed by atoms with van der Waals surface area (Å²) in [7, 11) is -5.21. The van der Waals surface area contributed by atoms with Crippen molar-refractivity contribution in [3.8, 4) is 0 Å². The molecular formula is C22H39NO15S. The molecule has 0 aliphatic carbocycles. The molecule has 6 N–H and O–H groups in total. The molecule has 0 radical (unpaired) electrons. The Labute approximate surface area is 226 Å². The Morgan fingerprint density at radius 3 is 1.90 bits per heavy atom. The number of carbonyl (C=O) groups is 2. The molecule has 0 saturated carbocycles. The molecule has 0 aromatic carbocycles. The predicted octanol–water partition coefficient (Wildman–Crippen LogP) is -1.69. The molecule has 2 heterocycles. The summed E-state index contributed by atoms with van der Waals surface area (Å²) in [6.07, 6.45) is -15.7. The Balaban J connectivity index is 2.55. The van der Waals surface area contributed by atoms with E-state index < -0.39 is 101 Å². The van der Waals surface area contributed by atoms with E-state index in [4.69, 9.17) is 27.9 Å². The van der Waals surface area contributed by atoms with Crippen LogP contribution in [0, 0.1) is 0 Å². The van der Waals surface area contributed by atoms with E-state index in [1.54, 1.807) is 41.5 Å². The lowest BCUT2D eigenvalue weighted by atomic mass is 9.94. The van der Waals surface area contributed by atoms with Gasteiger partial charge in [-0.25, -0.2) is 8.98 Å². The van der Waals surface area contributed by atoms with Gasteiger partial charge in [0.1, 0.15) is 42.7 Å². The molecule has 2 saturated heterocycles. The average molecular weight is 590 g/mol. The van der Waals surface area contributed by atoms with Gasteiger partial charge in [-0.1, -0.05) is 0 Å². The van der Waals surface area contributed by atoms with Crippen molar-refractivity contribution in [1.29, 1.82) is 0 Å². The topological polar surface area (TPSA) is 237 Å². The zero-order valence-corrected chi connectivity index (χ0v) is 23.5. The maximum absolute atomic E-state index is 12.1. The van der Waals surface area contributed by atoms with Crippen LogP contribution in [0.5, 0.6) is 0 Å². The van der Waals surface area contributed by atoms with Crippen LogP contribution >= 0.6 is 0 Å². The molecule has 0 aromatic heterocycles. The van der Waals surface area contributed by atoms with Crippen molar-refractivity contribution in [2.45, 2.75) is 121 Å². The minimum absolute atomic E-state index is 0.667. The summed E-state index contributed by atoms with van der Waals surface area (Å²) < 4.78 is 65.8. The minimum atomic E-state index is -5.21. The fraction of sp³-hybridized carbons (Fsp3) is 0.909. The van der Waals surface area contributed by atoms with Crippen molar-refractivity contribution in [2.75, 3.05) is 6.61 Å². The van der Waals surface area contributed by atoms with E-state index in [1.165, 1.54) is 0 Å². The zero-order valence-electron chi connectivity index (χ0n) is 22.7. The lowest BCUT2D eigenvalue weighted by molar-refractivity contribution is -0.350. The number of carboxylic acids is 1. The highest BCUT2D eigenvalue weighted by atomic mass is 32.3. The van der Waals surface area contributed by atoms with E-state index in [0.717, 1.165) is 6.92 Å². The molecule has 2 aliphatic heterocycles. The molecule has 0 spiro atoms. The van der Waals surface area contributed by atoms with Gasteiger partial charge >= 0.3 is 16.4 Å². The van der Waals surface area contributed by atoms with Gasteiger partial charge in [0.25, 0.3) is 0 Å². The van der Waals surface area contributed by atoms with Crippen LogP contribution in [0.4, 0.5) is 0 Å². The van der Waals surface area contributed by atoms with Crippen LogP contribution in [0.25, 0.3) is 0 Å². The summed E-state index contributed by atoms with van der Waals surface area (Å²) in [5.41, 5.74) is -1.86. The maximum atomic E-state index is 12.1. The van der Waals surface area contributed by atoms with Crippen molar-refractivity contribution in [1.82, 2.24) is 5.32 Å². The van der Waals surface area contributed by atoms with Gasteiger partial charge in [0.05, 0.1) is 17.8 Å². The van der Waals surface area contributed by atoms with Crippen LogP contribution < -0.4 is 5.32 Å². The van der Waals surface area contributed by atoms with Gasteiger partial charge in [-0.3, -0.25) is 9.35 Å². The van der Waals surface area contributed by atoms with Crippen LogP contribution in [0.2, 0.25) is 0 Å². The first-order valence-electron chi connectivity index (χ1n) is 12.1. The fourth-order valence-electron chi connectivity index (χ4n) is 4.15. The number of hydrogen-bond donors (Lipinski definition) is 6. The molecule has 0 aromatic rings. The molecule has 16 nitrogen and oxygen atoms in total. The summed E-state index contributed by atoms with van der Waals surface area (Å²) in [4.78, 5) is 24.1. The third-order valence-electron chi connectivity index (χ3n) is 5.47. The monoisotopic (exact) mass is 589 g/mol. The second-order valence-corrected chi connectivity index (χ2v) is 12.3. The smallest absolute Gasteiger partial charge is 0.397 e.